The summed E-state index contributed by atoms with van der Waals surface area (Å²) in [6.45, 7) is 2.15. The summed E-state index contributed by atoms with van der Waals surface area (Å²) < 4.78 is 4.92. The summed E-state index contributed by atoms with van der Waals surface area (Å²) >= 11 is 0. The number of carbonyl (C=O) groups excluding carboxylic acids is 2. The highest BCUT2D eigenvalue weighted by molar-refractivity contribution is 5.95. The molecule has 0 aliphatic heterocycles. The number of hydrogen-bond acceptors (Lipinski definition) is 6. The molecular formula is C13H20N4O3. The molecule has 7 heteroatoms. The minimum Gasteiger partial charge on any atom is -0.462 e. The van der Waals surface area contributed by atoms with Gasteiger partial charge in [0.1, 0.15) is 5.82 Å². The molecule has 0 aliphatic carbocycles. The molecule has 0 fully saturated rings. The fraction of sp³-hybridized carbons (Fsp3) is 0.462. The second-order valence-corrected chi connectivity index (χ2v) is 4.49. The van der Waals surface area contributed by atoms with Crippen molar-refractivity contribution in [3.8, 4) is 0 Å². The van der Waals surface area contributed by atoms with Crippen molar-refractivity contribution >= 4 is 23.4 Å². The maximum Gasteiger partial charge on any atom is 0.340 e. The monoisotopic (exact) mass is 280 g/mol. The molecule has 1 aromatic heterocycles. The third-order valence-electron chi connectivity index (χ3n) is 2.68. The molecule has 0 aliphatic rings. The van der Waals surface area contributed by atoms with E-state index in [1.54, 1.807) is 33.0 Å². The molecule has 0 bridgehead atoms. The van der Waals surface area contributed by atoms with Gasteiger partial charge < -0.3 is 20.3 Å². The van der Waals surface area contributed by atoms with Crippen molar-refractivity contribution in [2.24, 2.45) is 0 Å². The van der Waals surface area contributed by atoms with Crippen LogP contribution in [0.15, 0.2) is 12.3 Å². The molecule has 110 valence electrons. The zero-order valence-electron chi connectivity index (χ0n) is 12.2. The number of carbonyl (C=O) groups is 2. The Labute approximate surface area is 118 Å². The Balaban J connectivity index is 2.94. The molecule has 0 saturated carbocycles. The normalized spacial score (nSPS) is 10.0. The van der Waals surface area contributed by atoms with Crippen molar-refractivity contribution in [1.29, 1.82) is 0 Å². The number of pyridine rings is 1. The maximum absolute atomic E-state index is 11.7. The summed E-state index contributed by atoms with van der Waals surface area (Å²) in [6.07, 6.45) is 1.39. The van der Waals surface area contributed by atoms with Crippen molar-refractivity contribution in [2.45, 2.75) is 6.92 Å². The molecule has 0 spiro atoms. The van der Waals surface area contributed by atoms with Crippen molar-refractivity contribution in [3.63, 3.8) is 0 Å². The molecule has 1 heterocycles. The number of aromatic nitrogens is 1. The number of esters is 1. The lowest BCUT2D eigenvalue weighted by Gasteiger charge is -2.20. The zero-order valence-corrected chi connectivity index (χ0v) is 12.2. The average Bonchev–Trinajstić information content (AvgIpc) is 2.39. The van der Waals surface area contributed by atoms with E-state index in [0.717, 1.165) is 0 Å². The van der Waals surface area contributed by atoms with Gasteiger partial charge in [-0.3, -0.25) is 4.79 Å². The Morgan fingerprint density at radius 2 is 2.00 bits per heavy atom. The Kier molecular flexibility index (Phi) is 5.31. The van der Waals surface area contributed by atoms with Crippen LogP contribution in [0, 0.1) is 0 Å². The molecule has 1 rings (SSSR count). The Hall–Kier alpha value is -2.31. The Morgan fingerprint density at radius 3 is 2.55 bits per heavy atom. The summed E-state index contributed by atoms with van der Waals surface area (Å²) in [5.41, 5.74) is 6.21. The van der Waals surface area contributed by atoms with Crippen molar-refractivity contribution in [3.05, 3.63) is 17.8 Å². The number of likely N-dealkylation sites (N-methyl/N-ethyl adjacent to an activating group) is 2. The van der Waals surface area contributed by atoms with E-state index in [-0.39, 0.29) is 30.3 Å². The van der Waals surface area contributed by atoms with Crippen LogP contribution in [0.1, 0.15) is 17.3 Å². The van der Waals surface area contributed by atoms with Gasteiger partial charge in [-0.25, -0.2) is 9.78 Å². The summed E-state index contributed by atoms with van der Waals surface area (Å²) in [4.78, 5) is 30.6. The first-order chi connectivity index (χ1) is 9.36. The lowest BCUT2D eigenvalue weighted by molar-refractivity contribution is -0.127. The van der Waals surface area contributed by atoms with Crippen LogP contribution in [-0.2, 0) is 9.53 Å². The second kappa shape index (κ2) is 6.74. The first kappa shape index (κ1) is 15.7. The summed E-state index contributed by atoms with van der Waals surface area (Å²) in [5, 5.41) is 0. The number of nitrogens with two attached hydrogens (primary N) is 1. The number of ether oxygens (including phenoxy) is 1. The third-order valence-corrected chi connectivity index (χ3v) is 2.68. The molecule has 0 saturated heterocycles. The van der Waals surface area contributed by atoms with Gasteiger partial charge in [-0.15, -0.1) is 0 Å². The molecule has 7 nitrogen and oxygen atoms in total. The molecule has 0 aromatic carbocycles. The van der Waals surface area contributed by atoms with E-state index in [2.05, 4.69) is 4.98 Å². The van der Waals surface area contributed by atoms with E-state index in [9.17, 15) is 9.59 Å². The van der Waals surface area contributed by atoms with E-state index in [0.29, 0.717) is 5.82 Å². The van der Waals surface area contributed by atoms with Crippen LogP contribution < -0.4 is 10.6 Å². The number of nitrogen functional groups attached to an aromatic ring is 1. The minimum atomic E-state index is -0.499. The van der Waals surface area contributed by atoms with Crippen LogP contribution in [0.2, 0.25) is 0 Å². The van der Waals surface area contributed by atoms with E-state index >= 15 is 0 Å². The molecule has 2 N–H and O–H groups in total. The molecule has 20 heavy (non-hydrogen) atoms. The standard InChI is InChI=1S/C13H20N4O3/c1-5-20-13(19)9-6-11(15-7-10(9)14)17(4)8-12(18)16(2)3/h6-7H,5,8,14H2,1-4H3. The van der Waals surface area contributed by atoms with E-state index < -0.39 is 5.97 Å². The predicted octanol–water partition coefficient (Wildman–Crippen LogP) is 0.365. The summed E-state index contributed by atoms with van der Waals surface area (Å²) in [5.74, 6) is -0.0813. The lowest BCUT2D eigenvalue weighted by Crippen LogP contribution is -2.34. The van der Waals surface area contributed by atoms with Gasteiger partial charge in [0.25, 0.3) is 0 Å². The topological polar surface area (TPSA) is 88.8 Å². The molecule has 0 radical (unpaired) electrons. The second-order valence-electron chi connectivity index (χ2n) is 4.49. The number of rotatable bonds is 5. The van der Waals surface area contributed by atoms with Crippen molar-refractivity contribution in [2.75, 3.05) is 44.9 Å². The van der Waals surface area contributed by atoms with Crippen LogP contribution in [0.25, 0.3) is 0 Å². The van der Waals surface area contributed by atoms with Gasteiger partial charge in [0.2, 0.25) is 5.91 Å². The highest BCUT2D eigenvalue weighted by Crippen LogP contribution is 2.18. The van der Waals surface area contributed by atoms with Gasteiger partial charge in [0.05, 0.1) is 30.6 Å². The Bertz CT molecular complexity index is 502. The lowest BCUT2D eigenvalue weighted by atomic mass is 10.2. The minimum absolute atomic E-state index is 0.0659. The van der Waals surface area contributed by atoms with Crippen LogP contribution >= 0.6 is 0 Å². The fourth-order valence-corrected chi connectivity index (χ4v) is 1.47. The van der Waals surface area contributed by atoms with Gasteiger partial charge >= 0.3 is 5.97 Å². The van der Waals surface area contributed by atoms with Crippen molar-refractivity contribution in [1.82, 2.24) is 9.88 Å². The number of anilines is 2. The zero-order chi connectivity index (χ0) is 15.3. The summed E-state index contributed by atoms with van der Waals surface area (Å²) in [6, 6.07) is 1.52. The van der Waals surface area contributed by atoms with Gasteiger partial charge in [0.15, 0.2) is 0 Å². The highest BCUT2D eigenvalue weighted by atomic mass is 16.5. The maximum atomic E-state index is 11.7. The van der Waals surface area contributed by atoms with E-state index in [4.69, 9.17) is 10.5 Å². The Morgan fingerprint density at radius 1 is 1.35 bits per heavy atom. The third kappa shape index (κ3) is 3.84. The quantitative estimate of drug-likeness (QED) is 0.784. The largest absolute Gasteiger partial charge is 0.462 e. The van der Waals surface area contributed by atoms with E-state index in [1.165, 1.54) is 17.2 Å². The SMILES string of the molecule is CCOC(=O)c1cc(N(C)CC(=O)N(C)C)ncc1N. The molecule has 0 atom stereocenters. The van der Waals surface area contributed by atoms with Gasteiger partial charge in [-0.05, 0) is 13.0 Å². The van der Waals surface area contributed by atoms with Crippen LogP contribution in [0.4, 0.5) is 11.5 Å². The molecule has 1 aromatic rings. The number of amides is 1. The van der Waals surface area contributed by atoms with Gasteiger partial charge in [-0.2, -0.15) is 0 Å². The van der Waals surface area contributed by atoms with Crippen LogP contribution in [-0.4, -0.2) is 56.1 Å². The molecule has 1 amide bonds. The number of nitrogens with zero attached hydrogens (tertiary/aromatic N) is 3. The van der Waals surface area contributed by atoms with Crippen molar-refractivity contribution < 1.29 is 14.3 Å². The first-order valence-electron chi connectivity index (χ1n) is 6.20. The van der Waals surface area contributed by atoms with E-state index in [1.807, 2.05) is 0 Å². The fourth-order valence-electron chi connectivity index (χ4n) is 1.47. The number of hydrogen-bond donors (Lipinski definition) is 1. The smallest absolute Gasteiger partial charge is 0.340 e. The first-order valence-corrected chi connectivity index (χ1v) is 6.20. The van der Waals surface area contributed by atoms with Gasteiger partial charge in [-0.1, -0.05) is 0 Å². The average molecular weight is 280 g/mol. The highest BCUT2D eigenvalue weighted by Gasteiger charge is 2.16. The predicted molar refractivity (Wildman–Crippen MR) is 76.6 cm³/mol. The molecular weight excluding hydrogens is 260 g/mol. The molecule has 0 unspecified atom stereocenters. The summed E-state index contributed by atoms with van der Waals surface area (Å²) in [7, 11) is 5.07. The van der Waals surface area contributed by atoms with Crippen LogP contribution in [0.3, 0.4) is 0 Å². The van der Waals surface area contributed by atoms with Gasteiger partial charge in [0, 0.05) is 21.1 Å². The van der Waals surface area contributed by atoms with Crippen LogP contribution in [0.5, 0.6) is 0 Å².